The van der Waals surface area contributed by atoms with Crippen molar-refractivity contribution >= 4 is 22.8 Å². The molecule has 2 aromatic heterocycles. The van der Waals surface area contributed by atoms with Gasteiger partial charge < -0.3 is 33.8 Å². The summed E-state index contributed by atoms with van der Waals surface area (Å²) < 4.78 is 44.0. The zero-order valence-corrected chi connectivity index (χ0v) is 21.5. The van der Waals surface area contributed by atoms with Gasteiger partial charge in [-0.15, -0.1) is 0 Å². The molecule has 2 N–H and O–H groups in total. The van der Waals surface area contributed by atoms with Crippen molar-refractivity contribution in [2.75, 3.05) is 26.4 Å². The molecule has 7 rings (SSSR count). The van der Waals surface area contributed by atoms with Crippen LogP contribution in [0.3, 0.4) is 0 Å². The third-order valence-corrected chi connectivity index (χ3v) is 8.32. The van der Waals surface area contributed by atoms with E-state index in [1.54, 1.807) is 6.07 Å². The molecule has 1 aliphatic carbocycles. The molecule has 5 heterocycles. The number of imidazole rings is 1. The lowest BCUT2D eigenvalue weighted by Gasteiger charge is -2.24. The van der Waals surface area contributed by atoms with Crippen LogP contribution in [0.1, 0.15) is 42.0 Å². The molecule has 0 radical (unpaired) electrons. The summed E-state index contributed by atoms with van der Waals surface area (Å²) in [5, 5.41) is 10.4. The maximum atomic E-state index is 15.3. The van der Waals surface area contributed by atoms with Gasteiger partial charge in [-0.25, -0.2) is 9.37 Å². The number of hydrogen-bond acceptors (Lipinski definition) is 8. The van der Waals surface area contributed by atoms with Crippen LogP contribution in [0, 0.1) is 5.82 Å². The number of halogens is 2. The van der Waals surface area contributed by atoms with E-state index in [9.17, 15) is 5.11 Å². The molecule has 3 aromatic rings. The number of H-pyrrole nitrogens is 1. The minimum absolute atomic E-state index is 0.0299. The summed E-state index contributed by atoms with van der Waals surface area (Å²) in [5.74, 6) is 0.320. The van der Waals surface area contributed by atoms with Crippen LogP contribution in [0.2, 0.25) is 5.02 Å². The summed E-state index contributed by atoms with van der Waals surface area (Å²) in [4.78, 5) is 12.3. The topological polar surface area (TPSA) is 108 Å². The highest BCUT2D eigenvalue weighted by Gasteiger charge is 2.48. The monoisotopic (exact) mass is 545 g/mol. The van der Waals surface area contributed by atoms with Crippen LogP contribution < -0.4 is 9.47 Å². The number of aliphatic hydroxyl groups is 1. The number of nitrogens with one attached hydrogen (secondary N) is 1. The SMILES string of the molecule is O[C@@H]1CO[C@H]2[C@@H]1OC[C@H]2Oc1nc2nc(CC3CCc4cc(OC5CCOCC5)cc(F)c43)c(Cl)cc2[nH]1. The standard InChI is InChI=1S/C27H29ClFN3O6/c28-17-10-20-26(32-27(31-20)38-22-12-36-24-21(33)11-35-25(22)24)30-19(17)8-14-2-1-13-7-16(9-18(29)23(13)14)37-15-3-5-34-6-4-15/h7,9-10,14-15,21-22,24-25,33H,1-6,8,11-12H2,(H,30,31,32)/t14?,21-,22-,24-,25-/m1/s1. The van der Waals surface area contributed by atoms with Gasteiger partial charge >= 0.3 is 0 Å². The molecule has 1 aromatic carbocycles. The number of aryl methyl sites for hydroxylation is 1. The van der Waals surface area contributed by atoms with Crippen LogP contribution in [0.4, 0.5) is 4.39 Å². The molecule has 9 nitrogen and oxygen atoms in total. The van der Waals surface area contributed by atoms with Crippen molar-refractivity contribution in [3.05, 3.63) is 45.9 Å². The van der Waals surface area contributed by atoms with Crippen LogP contribution >= 0.6 is 11.6 Å². The summed E-state index contributed by atoms with van der Waals surface area (Å²) in [7, 11) is 0. The Morgan fingerprint density at radius 2 is 1.89 bits per heavy atom. The average molecular weight is 546 g/mol. The molecule has 202 valence electrons. The quantitative estimate of drug-likeness (QED) is 0.485. The number of aromatic amines is 1. The number of pyridine rings is 1. The van der Waals surface area contributed by atoms with Gasteiger partial charge in [-0.1, -0.05) is 11.6 Å². The van der Waals surface area contributed by atoms with Gasteiger partial charge in [-0.2, -0.15) is 4.98 Å². The lowest BCUT2D eigenvalue weighted by atomic mass is 9.95. The second kappa shape index (κ2) is 9.91. The van der Waals surface area contributed by atoms with Gasteiger partial charge in [0.05, 0.1) is 42.7 Å². The number of benzene rings is 1. The molecular weight excluding hydrogens is 517 g/mol. The fourth-order valence-electron chi connectivity index (χ4n) is 6.10. The molecule has 0 bridgehead atoms. The molecule has 3 aliphatic heterocycles. The highest BCUT2D eigenvalue weighted by Crippen LogP contribution is 2.41. The number of fused-ring (bicyclic) bond motifs is 3. The lowest BCUT2D eigenvalue weighted by molar-refractivity contribution is 0.00706. The van der Waals surface area contributed by atoms with Gasteiger partial charge in [0, 0.05) is 18.9 Å². The number of aliphatic hydroxyl groups excluding tert-OH is 1. The van der Waals surface area contributed by atoms with Gasteiger partial charge in [0.25, 0.3) is 6.01 Å². The molecule has 38 heavy (non-hydrogen) atoms. The predicted molar refractivity (Wildman–Crippen MR) is 134 cm³/mol. The zero-order chi connectivity index (χ0) is 25.8. The molecule has 5 atom stereocenters. The molecule has 3 fully saturated rings. The number of rotatable bonds is 6. The first-order valence-corrected chi connectivity index (χ1v) is 13.6. The molecule has 11 heteroatoms. The van der Waals surface area contributed by atoms with Crippen molar-refractivity contribution < 1.29 is 33.2 Å². The lowest BCUT2D eigenvalue weighted by Crippen LogP contribution is -2.34. The van der Waals surface area contributed by atoms with Crippen LogP contribution in [0.5, 0.6) is 11.8 Å². The third-order valence-electron chi connectivity index (χ3n) is 7.99. The second-order valence-electron chi connectivity index (χ2n) is 10.5. The smallest absolute Gasteiger partial charge is 0.296 e. The maximum absolute atomic E-state index is 15.3. The first-order chi connectivity index (χ1) is 18.5. The van der Waals surface area contributed by atoms with Crippen molar-refractivity contribution in [2.45, 2.75) is 68.5 Å². The number of nitrogens with zero attached hydrogens (tertiary/aromatic N) is 2. The Bertz CT molecular complexity index is 1350. The molecule has 1 unspecified atom stereocenters. The Balaban J connectivity index is 1.07. The molecule has 4 aliphatic rings. The van der Waals surface area contributed by atoms with Crippen LogP contribution in [-0.2, 0) is 27.1 Å². The van der Waals surface area contributed by atoms with Crippen molar-refractivity contribution in [1.29, 1.82) is 0 Å². The molecule has 3 saturated heterocycles. The van der Waals surface area contributed by atoms with Crippen molar-refractivity contribution in [2.24, 2.45) is 0 Å². The van der Waals surface area contributed by atoms with Crippen LogP contribution in [-0.4, -0.2) is 77.0 Å². The molecular formula is C27H29ClFN3O6. The highest BCUT2D eigenvalue weighted by atomic mass is 35.5. The molecule has 0 amide bonds. The van der Waals surface area contributed by atoms with Crippen molar-refractivity contribution in [3.63, 3.8) is 0 Å². The van der Waals surface area contributed by atoms with Crippen LogP contribution in [0.25, 0.3) is 11.2 Å². The van der Waals surface area contributed by atoms with E-state index in [2.05, 4.69) is 9.97 Å². The summed E-state index contributed by atoms with van der Waals surface area (Å²) >= 11 is 6.61. The Hall–Kier alpha value is -2.50. The van der Waals surface area contributed by atoms with E-state index < -0.39 is 6.10 Å². The van der Waals surface area contributed by atoms with Crippen molar-refractivity contribution in [3.8, 4) is 11.8 Å². The van der Waals surface area contributed by atoms with E-state index in [0.29, 0.717) is 53.9 Å². The Morgan fingerprint density at radius 3 is 2.76 bits per heavy atom. The zero-order valence-electron chi connectivity index (χ0n) is 20.7. The summed E-state index contributed by atoms with van der Waals surface area (Å²) in [5.41, 5.74) is 3.50. The van der Waals surface area contributed by atoms with E-state index >= 15 is 4.39 Å². The Kier molecular flexibility index (Phi) is 6.40. The van der Waals surface area contributed by atoms with E-state index in [1.807, 2.05) is 6.07 Å². The number of aromatic nitrogens is 3. The van der Waals surface area contributed by atoms with E-state index in [1.165, 1.54) is 6.07 Å². The highest BCUT2D eigenvalue weighted by molar-refractivity contribution is 6.31. The molecule has 0 saturated carbocycles. The maximum Gasteiger partial charge on any atom is 0.296 e. The van der Waals surface area contributed by atoms with Gasteiger partial charge in [0.15, 0.2) is 11.8 Å². The fraction of sp³-hybridized carbons (Fsp3) is 0.556. The Labute approximate surface area is 223 Å². The normalized spacial score (nSPS) is 29.1. The summed E-state index contributed by atoms with van der Waals surface area (Å²) in [6.45, 7) is 1.88. The van der Waals surface area contributed by atoms with Gasteiger partial charge in [0.1, 0.15) is 36.0 Å². The Morgan fingerprint density at radius 1 is 1.05 bits per heavy atom. The van der Waals surface area contributed by atoms with Crippen molar-refractivity contribution in [1.82, 2.24) is 15.0 Å². The third kappa shape index (κ3) is 4.52. The predicted octanol–water partition coefficient (Wildman–Crippen LogP) is 3.49. The van der Waals surface area contributed by atoms with E-state index in [0.717, 1.165) is 36.8 Å². The second-order valence-corrected chi connectivity index (χ2v) is 10.9. The first kappa shape index (κ1) is 24.5. The number of hydrogen-bond donors (Lipinski definition) is 2. The largest absolute Gasteiger partial charge is 0.490 e. The number of ether oxygens (including phenoxy) is 5. The minimum Gasteiger partial charge on any atom is -0.490 e. The van der Waals surface area contributed by atoms with Gasteiger partial charge in [-0.05, 0) is 48.4 Å². The summed E-state index contributed by atoms with van der Waals surface area (Å²) in [6, 6.07) is 5.55. The fourth-order valence-corrected chi connectivity index (χ4v) is 6.33. The molecule has 0 spiro atoms. The van der Waals surface area contributed by atoms with E-state index in [4.69, 9.17) is 40.3 Å². The van der Waals surface area contributed by atoms with Gasteiger partial charge in [-0.3, -0.25) is 0 Å². The van der Waals surface area contributed by atoms with Crippen LogP contribution in [0.15, 0.2) is 18.2 Å². The first-order valence-electron chi connectivity index (χ1n) is 13.2. The summed E-state index contributed by atoms with van der Waals surface area (Å²) in [6.07, 6.45) is 2.05. The average Bonchev–Trinajstić information content (AvgIpc) is 3.67. The minimum atomic E-state index is -0.649. The van der Waals surface area contributed by atoms with Gasteiger partial charge in [0.2, 0.25) is 0 Å². The van der Waals surface area contributed by atoms with E-state index in [-0.39, 0.29) is 48.8 Å².